The first-order valence-corrected chi connectivity index (χ1v) is 7.56. The van der Waals surface area contributed by atoms with Crippen LogP contribution < -0.4 is 0 Å². The SMILES string of the molecule is CC1CC(O)(c2cnc[nH]2)CCC1OC(=O)c1ccccc1. The molecule has 1 heterocycles. The molecule has 1 aliphatic rings. The van der Waals surface area contributed by atoms with Crippen molar-refractivity contribution in [3.63, 3.8) is 0 Å². The standard InChI is InChI=1S/C17H20N2O3/c1-12-9-17(21,15-10-18-11-19-15)8-7-14(12)22-16(20)13-5-3-2-4-6-13/h2-6,10-12,14,21H,7-9H2,1H3,(H,18,19). The molecule has 5 nitrogen and oxygen atoms in total. The largest absolute Gasteiger partial charge is 0.458 e. The van der Waals surface area contributed by atoms with Crippen LogP contribution in [-0.4, -0.2) is 27.1 Å². The number of nitrogens with one attached hydrogen (secondary N) is 1. The minimum Gasteiger partial charge on any atom is -0.458 e. The fourth-order valence-electron chi connectivity index (χ4n) is 3.14. The topological polar surface area (TPSA) is 75.2 Å². The second-order valence-electron chi connectivity index (χ2n) is 6.03. The van der Waals surface area contributed by atoms with E-state index in [1.807, 2.05) is 25.1 Å². The molecule has 0 radical (unpaired) electrons. The Balaban J connectivity index is 1.65. The van der Waals surface area contributed by atoms with Crippen LogP contribution in [0.1, 0.15) is 42.2 Å². The average molecular weight is 300 g/mol. The summed E-state index contributed by atoms with van der Waals surface area (Å²) >= 11 is 0. The quantitative estimate of drug-likeness (QED) is 0.855. The maximum atomic E-state index is 12.1. The summed E-state index contributed by atoms with van der Waals surface area (Å²) in [6.45, 7) is 2.00. The van der Waals surface area contributed by atoms with E-state index in [9.17, 15) is 9.90 Å². The Morgan fingerprint density at radius 2 is 2.18 bits per heavy atom. The van der Waals surface area contributed by atoms with Gasteiger partial charge in [-0.1, -0.05) is 25.1 Å². The van der Waals surface area contributed by atoms with E-state index >= 15 is 0 Å². The first-order valence-electron chi connectivity index (χ1n) is 7.56. The summed E-state index contributed by atoms with van der Waals surface area (Å²) in [6.07, 6.45) is 4.78. The molecule has 0 aliphatic heterocycles. The number of aromatic nitrogens is 2. The van der Waals surface area contributed by atoms with Crippen molar-refractivity contribution in [3.05, 3.63) is 54.1 Å². The monoisotopic (exact) mass is 300 g/mol. The van der Waals surface area contributed by atoms with Gasteiger partial charge in [-0.15, -0.1) is 0 Å². The summed E-state index contributed by atoms with van der Waals surface area (Å²) in [5, 5.41) is 10.8. The molecule has 1 saturated carbocycles. The van der Waals surface area contributed by atoms with Crippen molar-refractivity contribution >= 4 is 5.97 Å². The third kappa shape index (κ3) is 2.90. The van der Waals surface area contributed by atoms with Crippen molar-refractivity contribution in [2.24, 2.45) is 5.92 Å². The van der Waals surface area contributed by atoms with E-state index in [0.29, 0.717) is 24.8 Å². The van der Waals surface area contributed by atoms with E-state index in [2.05, 4.69) is 9.97 Å². The van der Waals surface area contributed by atoms with Crippen LogP contribution in [0.2, 0.25) is 0 Å². The van der Waals surface area contributed by atoms with Crippen LogP contribution in [0.5, 0.6) is 0 Å². The second-order valence-corrected chi connectivity index (χ2v) is 6.03. The highest BCUT2D eigenvalue weighted by atomic mass is 16.5. The average Bonchev–Trinajstić information content (AvgIpc) is 3.06. The van der Waals surface area contributed by atoms with Gasteiger partial charge >= 0.3 is 5.97 Å². The maximum absolute atomic E-state index is 12.1. The van der Waals surface area contributed by atoms with E-state index in [-0.39, 0.29) is 18.0 Å². The van der Waals surface area contributed by atoms with Crippen molar-refractivity contribution < 1.29 is 14.6 Å². The van der Waals surface area contributed by atoms with Gasteiger partial charge in [0, 0.05) is 0 Å². The number of ether oxygens (including phenoxy) is 1. The summed E-state index contributed by atoms with van der Waals surface area (Å²) in [5.41, 5.74) is 0.377. The molecule has 22 heavy (non-hydrogen) atoms. The molecule has 2 N–H and O–H groups in total. The molecule has 3 rings (SSSR count). The van der Waals surface area contributed by atoms with Gasteiger partial charge in [0.1, 0.15) is 11.7 Å². The molecule has 0 bridgehead atoms. The predicted octanol–water partition coefficient (Wildman–Crippen LogP) is 2.64. The smallest absolute Gasteiger partial charge is 0.338 e. The molecule has 3 unspecified atom stereocenters. The zero-order valence-electron chi connectivity index (χ0n) is 12.5. The molecule has 3 atom stereocenters. The third-order valence-electron chi connectivity index (χ3n) is 4.40. The van der Waals surface area contributed by atoms with Gasteiger partial charge in [-0.05, 0) is 37.3 Å². The molecule has 1 aromatic carbocycles. The Labute approximate surface area is 129 Å². The number of imidazole rings is 1. The van der Waals surface area contributed by atoms with E-state index in [1.54, 1.807) is 24.7 Å². The van der Waals surface area contributed by atoms with E-state index in [0.717, 1.165) is 5.69 Å². The molecule has 0 spiro atoms. The summed E-state index contributed by atoms with van der Waals surface area (Å²) in [6, 6.07) is 8.99. The lowest BCUT2D eigenvalue weighted by Crippen LogP contribution is -2.40. The van der Waals surface area contributed by atoms with Crippen molar-refractivity contribution in [3.8, 4) is 0 Å². The Morgan fingerprint density at radius 3 is 2.82 bits per heavy atom. The first-order chi connectivity index (χ1) is 10.6. The normalized spacial score (nSPS) is 28.3. The van der Waals surface area contributed by atoms with Crippen molar-refractivity contribution in [1.82, 2.24) is 9.97 Å². The lowest BCUT2D eigenvalue weighted by molar-refractivity contribution is -0.0739. The van der Waals surface area contributed by atoms with Crippen molar-refractivity contribution in [1.29, 1.82) is 0 Å². The van der Waals surface area contributed by atoms with Gasteiger partial charge in [-0.25, -0.2) is 9.78 Å². The second kappa shape index (κ2) is 5.93. The van der Waals surface area contributed by atoms with E-state index in [4.69, 9.17) is 4.74 Å². The minimum atomic E-state index is -0.911. The van der Waals surface area contributed by atoms with Crippen LogP contribution in [-0.2, 0) is 10.3 Å². The summed E-state index contributed by atoms with van der Waals surface area (Å²) < 4.78 is 5.62. The van der Waals surface area contributed by atoms with Gasteiger partial charge < -0.3 is 14.8 Å². The van der Waals surface area contributed by atoms with Crippen LogP contribution in [0.15, 0.2) is 42.9 Å². The van der Waals surface area contributed by atoms with Gasteiger partial charge in [-0.3, -0.25) is 0 Å². The predicted molar refractivity (Wildman–Crippen MR) is 81.1 cm³/mol. The number of hydrogen-bond acceptors (Lipinski definition) is 4. The number of rotatable bonds is 3. The summed E-state index contributed by atoms with van der Waals surface area (Å²) in [7, 11) is 0. The van der Waals surface area contributed by atoms with Gasteiger partial charge in [0.05, 0.1) is 23.8 Å². The highest BCUT2D eigenvalue weighted by Gasteiger charge is 2.41. The fraction of sp³-hybridized carbons (Fsp3) is 0.412. The number of nitrogens with zero attached hydrogens (tertiary/aromatic N) is 1. The first kappa shape index (κ1) is 14.8. The molecule has 1 aromatic heterocycles. The zero-order chi connectivity index (χ0) is 15.6. The van der Waals surface area contributed by atoms with Crippen LogP contribution >= 0.6 is 0 Å². The van der Waals surface area contributed by atoms with E-state index in [1.165, 1.54) is 0 Å². The molecular weight excluding hydrogens is 280 g/mol. The Kier molecular flexibility index (Phi) is 3.98. The summed E-state index contributed by atoms with van der Waals surface area (Å²) in [5.74, 6) is -0.223. The number of aromatic amines is 1. The van der Waals surface area contributed by atoms with Crippen molar-refractivity contribution in [2.75, 3.05) is 0 Å². The molecule has 2 aromatic rings. The fourth-order valence-corrected chi connectivity index (χ4v) is 3.14. The van der Waals surface area contributed by atoms with Crippen LogP contribution in [0.3, 0.4) is 0 Å². The minimum absolute atomic E-state index is 0.0784. The van der Waals surface area contributed by atoms with Gasteiger partial charge in [-0.2, -0.15) is 0 Å². The number of aliphatic hydroxyl groups is 1. The third-order valence-corrected chi connectivity index (χ3v) is 4.40. The molecule has 1 fully saturated rings. The number of carbonyl (C=O) groups excluding carboxylic acids is 1. The van der Waals surface area contributed by atoms with Gasteiger partial charge in [0.25, 0.3) is 0 Å². The highest BCUT2D eigenvalue weighted by molar-refractivity contribution is 5.89. The number of benzene rings is 1. The highest BCUT2D eigenvalue weighted by Crippen LogP contribution is 2.40. The number of carbonyl (C=O) groups is 1. The van der Waals surface area contributed by atoms with E-state index < -0.39 is 5.60 Å². The number of esters is 1. The summed E-state index contributed by atoms with van der Waals surface area (Å²) in [4.78, 5) is 19.1. The Hall–Kier alpha value is -2.14. The zero-order valence-corrected chi connectivity index (χ0v) is 12.5. The van der Waals surface area contributed by atoms with Gasteiger partial charge in [0.15, 0.2) is 0 Å². The molecule has 116 valence electrons. The van der Waals surface area contributed by atoms with Crippen LogP contribution in [0.4, 0.5) is 0 Å². The maximum Gasteiger partial charge on any atom is 0.338 e. The molecule has 0 saturated heterocycles. The lowest BCUT2D eigenvalue weighted by Gasteiger charge is -2.39. The van der Waals surface area contributed by atoms with Crippen LogP contribution in [0, 0.1) is 5.92 Å². The van der Waals surface area contributed by atoms with Gasteiger partial charge in [0.2, 0.25) is 0 Å². The molecule has 0 amide bonds. The number of H-pyrrole nitrogens is 1. The van der Waals surface area contributed by atoms with Crippen molar-refractivity contribution in [2.45, 2.75) is 37.9 Å². The molecular formula is C17H20N2O3. The van der Waals surface area contributed by atoms with Crippen LogP contribution in [0.25, 0.3) is 0 Å². The molecule has 1 aliphatic carbocycles. The lowest BCUT2D eigenvalue weighted by atomic mass is 9.75. The molecule has 5 heteroatoms. The number of hydrogen-bond donors (Lipinski definition) is 2. The Bertz CT molecular complexity index is 627. The Morgan fingerprint density at radius 1 is 1.41 bits per heavy atom.